The monoisotopic (exact) mass is 315 g/mol. The third-order valence-corrected chi connectivity index (χ3v) is 4.03. The van der Waals surface area contributed by atoms with Gasteiger partial charge in [0.15, 0.2) is 6.10 Å². The maximum Gasteiger partial charge on any atom is 0.308 e. The van der Waals surface area contributed by atoms with Gasteiger partial charge in [0.05, 0.1) is 13.0 Å². The fraction of sp³-hybridized carbons (Fsp3) is 0.800. The van der Waals surface area contributed by atoms with Crippen molar-refractivity contribution >= 4 is 5.97 Å². The van der Waals surface area contributed by atoms with Crippen LogP contribution in [0, 0.1) is 0 Å². The third-order valence-electron chi connectivity index (χ3n) is 4.03. The second kappa shape index (κ2) is 7.06. The SMILES string of the molecule is CCCOC[C@]1(O)C=C[C@]2(NO)CC(=O)OC2C1OCCC. The van der Waals surface area contributed by atoms with Gasteiger partial charge < -0.3 is 24.5 Å². The van der Waals surface area contributed by atoms with E-state index in [0.717, 1.165) is 12.8 Å². The molecule has 2 aliphatic rings. The minimum atomic E-state index is -1.40. The first kappa shape index (κ1) is 17.4. The highest BCUT2D eigenvalue weighted by atomic mass is 16.6. The molecule has 1 aliphatic heterocycles. The lowest BCUT2D eigenvalue weighted by atomic mass is 9.75. The predicted octanol–water partition coefficient (Wildman–Crippen LogP) is 0.542. The first-order valence-corrected chi connectivity index (χ1v) is 7.74. The molecule has 0 saturated carbocycles. The summed E-state index contributed by atoms with van der Waals surface area (Å²) in [6.45, 7) is 4.89. The molecule has 4 atom stereocenters. The molecular weight excluding hydrogens is 290 g/mol. The molecule has 2 unspecified atom stereocenters. The highest BCUT2D eigenvalue weighted by Crippen LogP contribution is 2.40. The van der Waals surface area contributed by atoms with Gasteiger partial charge in [0.2, 0.25) is 0 Å². The average Bonchev–Trinajstić information content (AvgIpc) is 2.84. The summed E-state index contributed by atoms with van der Waals surface area (Å²) in [5.41, 5.74) is -0.309. The zero-order valence-electron chi connectivity index (χ0n) is 13.1. The van der Waals surface area contributed by atoms with Crippen molar-refractivity contribution in [1.82, 2.24) is 5.48 Å². The largest absolute Gasteiger partial charge is 0.457 e. The normalized spacial score (nSPS) is 37.2. The van der Waals surface area contributed by atoms with Crippen LogP contribution in [-0.4, -0.2) is 59.5 Å². The Bertz CT molecular complexity index is 428. The molecule has 22 heavy (non-hydrogen) atoms. The highest BCUT2D eigenvalue weighted by molar-refractivity contribution is 5.75. The molecule has 1 heterocycles. The average molecular weight is 315 g/mol. The van der Waals surface area contributed by atoms with E-state index >= 15 is 0 Å². The summed E-state index contributed by atoms with van der Waals surface area (Å²) >= 11 is 0. The van der Waals surface area contributed by atoms with Gasteiger partial charge in [-0.3, -0.25) is 4.79 Å². The molecule has 0 aromatic heterocycles. The van der Waals surface area contributed by atoms with E-state index in [-0.39, 0.29) is 13.0 Å². The number of hydrogen-bond acceptors (Lipinski definition) is 7. The molecule has 1 saturated heterocycles. The molecule has 0 bridgehead atoms. The van der Waals surface area contributed by atoms with Crippen LogP contribution in [0.25, 0.3) is 0 Å². The van der Waals surface area contributed by atoms with Gasteiger partial charge in [-0.05, 0) is 18.9 Å². The minimum absolute atomic E-state index is 0.0114. The number of aliphatic hydroxyl groups is 1. The Morgan fingerprint density at radius 3 is 2.73 bits per heavy atom. The summed E-state index contributed by atoms with van der Waals surface area (Å²) in [5, 5.41) is 20.4. The Morgan fingerprint density at radius 2 is 2.09 bits per heavy atom. The first-order valence-electron chi connectivity index (χ1n) is 7.74. The van der Waals surface area contributed by atoms with Crippen LogP contribution < -0.4 is 5.48 Å². The Kier molecular flexibility index (Phi) is 5.57. The zero-order chi connectivity index (χ0) is 16.2. The van der Waals surface area contributed by atoms with E-state index < -0.39 is 29.3 Å². The van der Waals surface area contributed by atoms with Gasteiger partial charge in [0, 0.05) is 13.2 Å². The van der Waals surface area contributed by atoms with Crippen LogP contribution in [-0.2, 0) is 19.0 Å². The molecule has 0 spiro atoms. The molecule has 0 radical (unpaired) electrons. The number of rotatable bonds is 8. The minimum Gasteiger partial charge on any atom is -0.457 e. The van der Waals surface area contributed by atoms with Gasteiger partial charge in [-0.25, -0.2) is 0 Å². The molecule has 0 amide bonds. The topological polar surface area (TPSA) is 97.2 Å². The van der Waals surface area contributed by atoms with E-state index in [1.165, 1.54) is 6.08 Å². The van der Waals surface area contributed by atoms with Gasteiger partial charge in [0.25, 0.3) is 0 Å². The lowest BCUT2D eigenvalue weighted by Crippen LogP contribution is -2.65. The Labute approximate surface area is 130 Å². The maximum absolute atomic E-state index is 11.7. The van der Waals surface area contributed by atoms with Gasteiger partial charge in [-0.2, -0.15) is 5.48 Å². The zero-order valence-corrected chi connectivity index (χ0v) is 13.1. The van der Waals surface area contributed by atoms with Crippen LogP contribution in [0.15, 0.2) is 12.2 Å². The molecule has 0 aromatic carbocycles. The van der Waals surface area contributed by atoms with Gasteiger partial charge in [-0.1, -0.05) is 19.9 Å². The lowest BCUT2D eigenvalue weighted by molar-refractivity contribution is -0.185. The summed E-state index contributed by atoms with van der Waals surface area (Å²) in [6, 6.07) is 0. The van der Waals surface area contributed by atoms with E-state index in [1.54, 1.807) is 6.08 Å². The van der Waals surface area contributed by atoms with Crippen LogP contribution in [0.5, 0.6) is 0 Å². The standard InChI is InChI=1S/C15H25NO6/c1-3-7-20-10-15(18)6-5-14(16-19)9-11(17)22-12(14)13(15)21-8-4-2/h5-6,12-13,16,18-19H,3-4,7-10H2,1-2H3/t12?,13?,14-,15+/m0/s1. The van der Waals surface area contributed by atoms with Crippen molar-refractivity contribution in [2.24, 2.45) is 0 Å². The fourth-order valence-corrected chi connectivity index (χ4v) is 2.89. The van der Waals surface area contributed by atoms with Crippen molar-refractivity contribution < 1.29 is 29.3 Å². The van der Waals surface area contributed by atoms with Gasteiger partial charge in [0.1, 0.15) is 17.2 Å². The van der Waals surface area contributed by atoms with Crippen LogP contribution in [0.4, 0.5) is 0 Å². The van der Waals surface area contributed by atoms with Crippen molar-refractivity contribution in [2.45, 2.75) is 56.5 Å². The third kappa shape index (κ3) is 3.18. The van der Waals surface area contributed by atoms with Crippen molar-refractivity contribution in [1.29, 1.82) is 0 Å². The fourth-order valence-electron chi connectivity index (χ4n) is 2.89. The second-order valence-corrected chi connectivity index (χ2v) is 5.91. The molecule has 126 valence electrons. The summed E-state index contributed by atoms with van der Waals surface area (Å²) in [5.74, 6) is -0.444. The molecular formula is C15H25NO6. The number of ether oxygens (including phenoxy) is 3. The number of carbonyl (C=O) groups excluding carboxylic acids is 1. The Hall–Kier alpha value is -0.990. The number of fused-ring (bicyclic) bond motifs is 1. The van der Waals surface area contributed by atoms with Gasteiger partial charge >= 0.3 is 5.97 Å². The second-order valence-electron chi connectivity index (χ2n) is 5.91. The predicted molar refractivity (Wildman–Crippen MR) is 77.4 cm³/mol. The van der Waals surface area contributed by atoms with E-state index in [2.05, 4.69) is 5.48 Å². The van der Waals surface area contributed by atoms with Crippen molar-refractivity contribution in [3.05, 3.63) is 12.2 Å². The van der Waals surface area contributed by atoms with E-state index in [1.807, 2.05) is 13.8 Å². The quantitative estimate of drug-likeness (QED) is 0.260. The van der Waals surface area contributed by atoms with Crippen molar-refractivity contribution in [2.75, 3.05) is 19.8 Å². The van der Waals surface area contributed by atoms with Crippen LogP contribution in [0.3, 0.4) is 0 Å². The van der Waals surface area contributed by atoms with E-state index in [4.69, 9.17) is 14.2 Å². The van der Waals surface area contributed by atoms with Crippen LogP contribution >= 0.6 is 0 Å². The molecule has 7 heteroatoms. The highest BCUT2D eigenvalue weighted by Gasteiger charge is 2.59. The molecule has 2 rings (SSSR count). The van der Waals surface area contributed by atoms with Crippen LogP contribution in [0.2, 0.25) is 0 Å². The number of hydroxylamine groups is 1. The number of esters is 1. The van der Waals surface area contributed by atoms with E-state index in [9.17, 15) is 15.1 Å². The number of carbonyl (C=O) groups is 1. The van der Waals surface area contributed by atoms with Crippen LogP contribution in [0.1, 0.15) is 33.1 Å². The number of nitrogens with one attached hydrogen (secondary N) is 1. The Balaban J connectivity index is 2.26. The molecule has 1 aliphatic carbocycles. The van der Waals surface area contributed by atoms with Crippen molar-refractivity contribution in [3.63, 3.8) is 0 Å². The van der Waals surface area contributed by atoms with E-state index in [0.29, 0.717) is 13.2 Å². The van der Waals surface area contributed by atoms with Crippen molar-refractivity contribution in [3.8, 4) is 0 Å². The molecule has 7 nitrogen and oxygen atoms in total. The maximum atomic E-state index is 11.7. The summed E-state index contributed by atoms with van der Waals surface area (Å²) in [6.07, 6.45) is 3.07. The first-order chi connectivity index (χ1) is 10.5. The van der Waals surface area contributed by atoms with Gasteiger partial charge in [-0.15, -0.1) is 0 Å². The molecule has 1 fully saturated rings. The molecule has 0 aromatic rings. The molecule has 3 N–H and O–H groups in total. The Morgan fingerprint density at radius 1 is 1.36 bits per heavy atom. The lowest BCUT2D eigenvalue weighted by Gasteiger charge is -2.44. The number of hydrogen-bond donors (Lipinski definition) is 3. The summed E-state index contributed by atoms with van der Waals surface area (Å²) < 4.78 is 16.5. The summed E-state index contributed by atoms with van der Waals surface area (Å²) in [7, 11) is 0. The summed E-state index contributed by atoms with van der Waals surface area (Å²) in [4.78, 5) is 11.7. The smallest absolute Gasteiger partial charge is 0.308 e.